The predicted molar refractivity (Wildman–Crippen MR) is 46.2 cm³/mol. The maximum atomic E-state index is 10.1. The maximum absolute atomic E-state index is 10.1. The summed E-state index contributed by atoms with van der Waals surface area (Å²) in [5, 5.41) is 12.8. The monoisotopic (exact) mass is 204 g/mol. The molecule has 0 saturated carbocycles. The third-order valence-electron chi connectivity index (χ3n) is 1.17. The second-order valence-corrected chi connectivity index (χ2v) is 2.88. The number of halogens is 2. The number of benzene rings is 1. The lowest BCUT2D eigenvalue weighted by atomic mass is 10.3. The highest BCUT2D eigenvalue weighted by molar-refractivity contribution is 6.36. The van der Waals surface area contributed by atoms with E-state index >= 15 is 0 Å². The molecule has 0 unspecified atom stereocenters. The molecule has 3 nitrogen and oxygen atoms in total. The highest BCUT2D eigenvalue weighted by atomic mass is 35.5. The van der Waals surface area contributed by atoms with Crippen LogP contribution >= 0.6 is 23.2 Å². The van der Waals surface area contributed by atoms with E-state index in [9.17, 15) is 9.90 Å². The number of rotatable bonds is 1. The molecular formula is C7H4Cl2NO2. The first-order valence-electron chi connectivity index (χ1n) is 3.02. The third-order valence-corrected chi connectivity index (χ3v) is 1.72. The number of carbonyl (C=O) groups is 1. The van der Waals surface area contributed by atoms with Crippen molar-refractivity contribution in [2.24, 2.45) is 0 Å². The number of hydrogen-bond acceptors (Lipinski definition) is 1. The minimum absolute atomic E-state index is 0.242. The van der Waals surface area contributed by atoms with Crippen molar-refractivity contribution in [3.8, 4) is 0 Å². The van der Waals surface area contributed by atoms with Gasteiger partial charge >= 0.3 is 6.09 Å². The van der Waals surface area contributed by atoms with Gasteiger partial charge in [-0.3, -0.25) is 5.32 Å². The van der Waals surface area contributed by atoms with E-state index in [1.807, 2.05) is 5.32 Å². The van der Waals surface area contributed by atoms with Crippen LogP contribution in [0.3, 0.4) is 0 Å². The van der Waals surface area contributed by atoms with E-state index in [-0.39, 0.29) is 10.7 Å². The van der Waals surface area contributed by atoms with Crippen molar-refractivity contribution in [1.29, 1.82) is 0 Å². The zero-order chi connectivity index (χ0) is 9.14. The standard InChI is InChI=1S/C7H4Cl2NO2/c8-4-1-2-6(5(9)3-4)10-7(11)12/h1-3,10H. The van der Waals surface area contributed by atoms with Crippen LogP contribution < -0.4 is 5.32 Å². The van der Waals surface area contributed by atoms with Gasteiger partial charge in [-0.2, -0.15) is 0 Å². The summed E-state index contributed by atoms with van der Waals surface area (Å²) in [6, 6.07) is 4.42. The summed E-state index contributed by atoms with van der Waals surface area (Å²) in [7, 11) is 0. The van der Waals surface area contributed by atoms with Gasteiger partial charge < -0.3 is 0 Å². The molecule has 0 saturated heterocycles. The molecule has 0 atom stereocenters. The predicted octanol–water partition coefficient (Wildman–Crippen LogP) is 2.96. The topological polar surface area (TPSA) is 49.0 Å². The van der Waals surface area contributed by atoms with Gasteiger partial charge in [0.05, 0.1) is 10.7 Å². The second kappa shape index (κ2) is 3.65. The Balaban J connectivity index is 2.93. The van der Waals surface area contributed by atoms with Crippen LogP contribution in [0.2, 0.25) is 10.0 Å². The number of hydrogen-bond donors (Lipinski definition) is 1. The Bertz CT molecular complexity index is 314. The normalized spacial score (nSPS) is 9.50. The first-order chi connectivity index (χ1) is 5.59. The lowest BCUT2D eigenvalue weighted by Crippen LogP contribution is -2.05. The first kappa shape index (κ1) is 9.16. The lowest BCUT2D eigenvalue weighted by Gasteiger charge is -2.01. The minimum atomic E-state index is -1.40. The first-order valence-corrected chi connectivity index (χ1v) is 3.78. The zero-order valence-electron chi connectivity index (χ0n) is 5.80. The summed E-state index contributed by atoms with van der Waals surface area (Å²) in [5.74, 6) is 0. The largest absolute Gasteiger partial charge is 0.454 e. The third kappa shape index (κ3) is 2.29. The van der Waals surface area contributed by atoms with Crippen molar-refractivity contribution in [2.75, 3.05) is 5.32 Å². The molecule has 0 aliphatic heterocycles. The molecule has 1 N–H and O–H groups in total. The summed E-state index contributed by atoms with van der Waals surface area (Å²) in [6.07, 6.45) is -1.40. The fraction of sp³-hybridized carbons (Fsp3) is 0. The summed E-state index contributed by atoms with van der Waals surface area (Å²) in [6.45, 7) is 0. The molecule has 1 aromatic carbocycles. The van der Waals surface area contributed by atoms with Crippen molar-refractivity contribution >= 4 is 35.0 Å². The van der Waals surface area contributed by atoms with E-state index in [0.717, 1.165) is 0 Å². The van der Waals surface area contributed by atoms with Gasteiger partial charge in [0.25, 0.3) is 0 Å². The molecule has 0 aliphatic carbocycles. The highest BCUT2D eigenvalue weighted by Crippen LogP contribution is 2.24. The molecule has 1 radical (unpaired) electrons. The zero-order valence-corrected chi connectivity index (χ0v) is 7.32. The SMILES string of the molecule is [O]C(=O)Nc1ccc(Cl)cc1Cl. The van der Waals surface area contributed by atoms with Gasteiger partial charge in [-0.25, -0.2) is 9.90 Å². The smallest absolute Gasteiger partial charge is 0.287 e. The van der Waals surface area contributed by atoms with E-state index in [1.54, 1.807) is 0 Å². The molecule has 5 heteroatoms. The van der Waals surface area contributed by atoms with Gasteiger partial charge in [-0.05, 0) is 18.2 Å². The van der Waals surface area contributed by atoms with Gasteiger partial charge in [-0.15, -0.1) is 0 Å². The molecule has 0 bridgehead atoms. The minimum Gasteiger partial charge on any atom is -0.287 e. The van der Waals surface area contributed by atoms with E-state index in [0.29, 0.717) is 5.02 Å². The van der Waals surface area contributed by atoms with Gasteiger partial charge in [0, 0.05) is 5.02 Å². The van der Waals surface area contributed by atoms with Crippen LogP contribution in [-0.2, 0) is 5.11 Å². The Hall–Kier alpha value is -0.930. The van der Waals surface area contributed by atoms with Crippen molar-refractivity contribution in [3.63, 3.8) is 0 Å². The Labute approximate surface area is 78.9 Å². The van der Waals surface area contributed by atoms with Gasteiger partial charge in [0.15, 0.2) is 0 Å². The molecule has 63 valence electrons. The average Bonchev–Trinajstić information content (AvgIpc) is 1.94. The molecule has 1 amide bonds. The molecule has 0 fully saturated rings. The van der Waals surface area contributed by atoms with E-state index in [2.05, 4.69) is 0 Å². The number of amides is 1. The molecule has 1 aromatic rings. The molecule has 0 aliphatic rings. The van der Waals surface area contributed by atoms with Crippen LogP contribution in [0, 0.1) is 0 Å². The maximum Gasteiger partial charge on any atom is 0.454 e. The van der Waals surface area contributed by atoms with E-state index in [1.165, 1.54) is 18.2 Å². The quantitative estimate of drug-likeness (QED) is 0.752. The number of nitrogens with one attached hydrogen (secondary N) is 1. The second-order valence-electron chi connectivity index (χ2n) is 2.04. The van der Waals surface area contributed by atoms with Gasteiger partial charge in [0.1, 0.15) is 0 Å². The molecule has 0 spiro atoms. The van der Waals surface area contributed by atoms with Crippen LogP contribution in [0.1, 0.15) is 0 Å². The Morgan fingerprint density at radius 2 is 2.00 bits per heavy atom. The van der Waals surface area contributed by atoms with Crippen molar-refractivity contribution < 1.29 is 9.90 Å². The molecular weight excluding hydrogens is 201 g/mol. The Morgan fingerprint density at radius 1 is 1.33 bits per heavy atom. The van der Waals surface area contributed by atoms with Crippen LogP contribution in [0.5, 0.6) is 0 Å². The van der Waals surface area contributed by atoms with Crippen LogP contribution in [0.25, 0.3) is 0 Å². The summed E-state index contributed by atoms with van der Waals surface area (Å²) in [4.78, 5) is 10.1. The summed E-state index contributed by atoms with van der Waals surface area (Å²) in [5.41, 5.74) is 0.265. The number of anilines is 1. The fourth-order valence-corrected chi connectivity index (χ4v) is 1.16. The van der Waals surface area contributed by atoms with Gasteiger partial charge in [0.2, 0.25) is 0 Å². The Morgan fingerprint density at radius 3 is 2.50 bits per heavy atom. The number of carbonyl (C=O) groups excluding carboxylic acids is 1. The van der Waals surface area contributed by atoms with Crippen LogP contribution in [0.15, 0.2) is 18.2 Å². The van der Waals surface area contributed by atoms with E-state index < -0.39 is 6.09 Å². The summed E-state index contributed by atoms with van der Waals surface area (Å²) < 4.78 is 0. The lowest BCUT2D eigenvalue weighted by molar-refractivity contribution is 0.185. The highest BCUT2D eigenvalue weighted by Gasteiger charge is 2.04. The molecule has 0 heterocycles. The van der Waals surface area contributed by atoms with Crippen LogP contribution in [-0.4, -0.2) is 6.09 Å². The van der Waals surface area contributed by atoms with Gasteiger partial charge in [-0.1, -0.05) is 23.2 Å². The van der Waals surface area contributed by atoms with Crippen molar-refractivity contribution in [1.82, 2.24) is 0 Å². The average molecular weight is 205 g/mol. The Kier molecular flexibility index (Phi) is 2.78. The summed E-state index contributed by atoms with van der Waals surface area (Å²) >= 11 is 11.2. The fourth-order valence-electron chi connectivity index (χ4n) is 0.701. The van der Waals surface area contributed by atoms with Crippen molar-refractivity contribution in [3.05, 3.63) is 28.2 Å². The molecule has 12 heavy (non-hydrogen) atoms. The van der Waals surface area contributed by atoms with E-state index in [4.69, 9.17) is 23.2 Å². The molecule has 0 aromatic heterocycles. The van der Waals surface area contributed by atoms with Crippen LogP contribution in [0.4, 0.5) is 10.5 Å². The molecule has 1 rings (SSSR count). The van der Waals surface area contributed by atoms with Crippen molar-refractivity contribution in [2.45, 2.75) is 0 Å².